The summed E-state index contributed by atoms with van der Waals surface area (Å²) in [5, 5.41) is 0. The summed E-state index contributed by atoms with van der Waals surface area (Å²) in [6, 6.07) is 0. The molecular weight excluding hydrogens is 247 g/mol. The van der Waals surface area contributed by atoms with Crippen molar-refractivity contribution < 1.29 is 14.2 Å². The molecule has 62 valence electrons. The molecule has 10 heavy (non-hydrogen) atoms. The summed E-state index contributed by atoms with van der Waals surface area (Å²) in [4.78, 5) is 0. The van der Waals surface area contributed by atoms with Crippen LogP contribution in [-0.4, -0.2) is 38.2 Å². The van der Waals surface area contributed by atoms with Gasteiger partial charge in [0.2, 0.25) is 0 Å². The van der Waals surface area contributed by atoms with Gasteiger partial charge in [-0.05, 0) is 0 Å². The SMILES string of the molecule is COCC(I)C(OC)OC. The molecule has 0 N–H and O–H groups in total. The molecule has 0 aliphatic heterocycles. The lowest BCUT2D eigenvalue weighted by Crippen LogP contribution is -2.28. The van der Waals surface area contributed by atoms with E-state index in [0.717, 1.165) is 0 Å². The molecule has 0 heterocycles. The highest BCUT2D eigenvalue weighted by molar-refractivity contribution is 14.1. The minimum atomic E-state index is -0.166. The van der Waals surface area contributed by atoms with E-state index in [-0.39, 0.29) is 10.2 Å². The number of hydrogen-bond acceptors (Lipinski definition) is 3. The molecule has 0 aliphatic rings. The third kappa shape index (κ3) is 3.70. The molecule has 0 aromatic rings. The van der Waals surface area contributed by atoms with Gasteiger partial charge in [-0.15, -0.1) is 0 Å². The van der Waals surface area contributed by atoms with Gasteiger partial charge in [-0.2, -0.15) is 0 Å². The molecule has 0 bridgehead atoms. The summed E-state index contributed by atoms with van der Waals surface area (Å²) in [7, 11) is 4.90. The molecule has 0 aromatic carbocycles. The summed E-state index contributed by atoms with van der Waals surface area (Å²) in [6.45, 7) is 0.646. The topological polar surface area (TPSA) is 27.7 Å². The Bertz CT molecular complexity index is 75.4. The average Bonchev–Trinajstić information content (AvgIpc) is 1.91. The molecule has 0 aliphatic carbocycles. The number of ether oxygens (including phenoxy) is 3. The minimum Gasteiger partial charge on any atom is -0.383 e. The molecule has 0 saturated heterocycles. The summed E-state index contributed by atoms with van der Waals surface area (Å²) >= 11 is 2.23. The molecule has 4 heteroatoms. The van der Waals surface area contributed by atoms with Gasteiger partial charge in [0, 0.05) is 21.3 Å². The van der Waals surface area contributed by atoms with Gasteiger partial charge in [-0.3, -0.25) is 0 Å². The lowest BCUT2D eigenvalue weighted by molar-refractivity contribution is -0.105. The fourth-order valence-electron chi connectivity index (χ4n) is 0.629. The van der Waals surface area contributed by atoms with Crippen LogP contribution in [0.4, 0.5) is 0 Å². The first-order valence-electron chi connectivity index (χ1n) is 2.94. The molecule has 0 rings (SSSR count). The normalized spacial score (nSPS) is 14.1. The van der Waals surface area contributed by atoms with Gasteiger partial charge in [-0.1, -0.05) is 22.6 Å². The first-order valence-corrected chi connectivity index (χ1v) is 4.19. The molecule has 0 saturated carbocycles. The van der Waals surface area contributed by atoms with Crippen LogP contribution in [0.25, 0.3) is 0 Å². The maximum atomic E-state index is 5.00. The Kier molecular flexibility index (Phi) is 6.71. The molecule has 0 spiro atoms. The summed E-state index contributed by atoms with van der Waals surface area (Å²) in [6.07, 6.45) is -0.166. The zero-order valence-electron chi connectivity index (χ0n) is 6.46. The summed E-state index contributed by atoms with van der Waals surface area (Å²) < 4.78 is 15.2. The second-order valence-electron chi connectivity index (χ2n) is 1.81. The Morgan fingerprint density at radius 1 is 1.20 bits per heavy atom. The van der Waals surface area contributed by atoms with Crippen LogP contribution in [-0.2, 0) is 14.2 Å². The number of halogens is 1. The van der Waals surface area contributed by atoms with Crippen molar-refractivity contribution in [1.29, 1.82) is 0 Å². The van der Waals surface area contributed by atoms with Crippen molar-refractivity contribution in [3.05, 3.63) is 0 Å². The second kappa shape index (κ2) is 6.33. The van der Waals surface area contributed by atoms with Crippen LogP contribution in [0.15, 0.2) is 0 Å². The number of rotatable bonds is 5. The van der Waals surface area contributed by atoms with E-state index in [1.807, 2.05) is 0 Å². The Morgan fingerprint density at radius 2 is 1.70 bits per heavy atom. The van der Waals surface area contributed by atoms with Crippen molar-refractivity contribution in [3.8, 4) is 0 Å². The first kappa shape index (κ1) is 10.6. The van der Waals surface area contributed by atoms with Gasteiger partial charge in [0.05, 0.1) is 10.5 Å². The van der Waals surface area contributed by atoms with Crippen molar-refractivity contribution in [2.45, 2.75) is 10.2 Å². The molecule has 3 nitrogen and oxygen atoms in total. The van der Waals surface area contributed by atoms with Crippen molar-refractivity contribution in [2.75, 3.05) is 27.9 Å². The summed E-state index contributed by atoms with van der Waals surface area (Å²) in [5.41, 5.74) is 0. The van der Waals surface area contributed by atoms with E-state index in [2.05, 4.69) is 22.6 Å². The largest absolute Gasteiger partial charge is 0.383 e. The zero-order chi connectivity index (χ0) is 7.98. The molecule has 0 radical (unpaired) electrons. The molecule has 0 amide bonds. The Balaban J connectivity index is 3.53. The van der Waals surface area contributed by atoms with E-state index in [1.165, 1.54) is 0 Å². The van der Waals surface area contributed by atoms with E-state index < -0.39 is 0 Å². The van der Waals surface area contributed by atoms with E-state index in [1.54, 1.807) is 21.3 Å². The highest BCUT2D eigenvalue weighted by Gasteiger charge is 2.16. The molecule has 0 fully saturated rings. The van der Waals surface area contributed by atoms with Crippen LogP contribution < -0.4 is 0 Å². The average molecular weight is 260 g/mol. The van der Waals surface area contributed by atoms with Gasteiger partial charge in [0.15, 0.2) is 6.29 Å². The van der Waals surface area contributed by atoms with Crippen molar-refractivity contribution in [1.82, 2.24) is 0 Å². The van der Waals surface area contributed by atoms with Crippen LogP contribution in [0, 0.1) is 0 Å². The molecule has 1 unspecified atom stereocenters. The van der Waals surface area contributed by atoms with Gasteiger partial charge in [0.25, 0.3) is 0 Å². The Hall–Kier alpha value is 0.610. The third-order valence-corrected chi connectivity index (χ3v) is 2.03. The zero-order valence-corrected chi connectivity index (χ0v) is 8.62. The minimum absolute atomic E-state index is 0.166. The first-order chi connectivity index (χ1) is 4.76. The van der Waals surface area contributed by atoms with E-state index in [0.29, 0.717) is 6.61 Å². The number of methoxy groups -OCH3 is 3. The Labute approximate surface area is 75.2 Å². The smallest absolute Gasteiger partial charge is 0.170 e. The van der Waals surface area contributed by atoms with Crippen molar-refractivity contribution >= 4 is 22.6 Å². The van der Waals surface area contributed by atoms with Gasteiger partial charge in [-0.25, -0.2) is 0 Å². The predicted molar refractivity (Wildman–Crippen MR) is 47.5 cm³/mol. The maximum absolute atomic E-state index is 5.00. The van der Waals surface area contributed by atoms with Crippen LogP contribution in [0.1, 0.15) is 0 Å². The maximum Gasteiger partial charge on any atom is 0.170 e. The van der Waals surface area contributed by atoms with Crippen LogP contribution in [0.2, 0.25) is 0 Å². The second-order valence-corrected chi connectivity index (χ2v) is 3.41. The van der Waals surface area contributed by atoms with Crippen molar-refractivity contribution in [3.63, 3.8) is 0 Å². The quantitative estimate of drug-likeness (QED) is 0.420. The van der Waals surface area contributed by atoms with Gasteiger partial charge < -0.3 is 14.2 Å². The standard InChI is InChI=1S/C6H13IO3/c1-8-4-5(7)6(9-2)10-3/h5-6H,4H2,1-3H3. The molecule has 0 aromatic heterocycles. The lowest BCUT2D eigenvalue weighted by Gasteiger charge is -2.18. The number of alkyl halides is 1. The molecule has 1 atom stereocenters. The van der Waals surface area contributed by atoms with Crippen LogP contribution in [0.3, 0.4) is 0 Å². The van der Waals surface area contributed by atoms with Gasteiger partial charge >= 0.3 is 0 Å². The van der Waals surface area contributed by atoms with Crippen LogP contribution >= 0.6 is 22.6 Å². The van der Waals surface area contributed by atoms with Gasteiger partial charge in [0.1, 0.15) is 0 Å². The van der Waals surface area contributed by atoms with E-state index in [4.69, 9.17) is 14.2 Å². The monoisotopic (exact) mass is 260 g/mol. The summed E-state index contributed by atoms with van der Waals surface area (Å²) in [5.74, 6) is 0. The Morgan fingerprint density at radius 3 is 2.00 bits per heavy atom. The van der Waals surface area contributed by atoms with Crippen LogP contribution in [0.5, 0.6) is 0 Å². The van der Waals surface area contributed by atoms with E-state index in [9.17, 15) is 0 Å². The number of hydrogen-bond donors (Lipinski definition) is 0. The lowest BCUT2D eigenvalue weighted by atomic mass is 10.4. The highest BCUT2D eigenvalue weighted by Crippen LogP contribution is 2.09. The highest BCUT2D eigenvalue weighted by atomic mass is 127. The molecular formula is C6H13IO3. The van der Waals surface area contributed by atoms with Crippen molar-refractivity contribution in [2.24, 2.45) is 0 Å². The van der Waals surface area contributed by atoms with E-state index >= 15 is 0 Å². The third-order valence-electron chi connectivity index (χ3n) is 1.09. The fourth-order valence-corrected chi connectivity index (χ4v) is 1.58. The predicted octanol–water partition coefficient (Wildman–Crippen LogP) is 1.06. The fraction of sp³-hybridized carbons (Fsp3) is 1.00.